The van der Waals surface area contributed by atoms with Gasteiger partial charge in [-0.25, -0.2) is 0 Å². The topological polar surface area (TPSA) is 71.1 Å². The van der Waals surface area contributed by atoms with Gasteiger partial charge in [-0.1, -0.05) is 47.5 Å². The van der Waals surface area contributed by atoms with E-state index in [0.717, 1.165) is 22.4 Å². The predicted molar refractivity (Wildman–Crippen MR) is 111 cm³/mol. The monoisotopic (exact) mass is 393 g/mol. The van der Waals surface area contributed by atoms with Crippen molar-refractivity contribution in [1.82, 2.24) is 10.3 Å². The third-order valence-electron chi connectivity index (χ3n) is 4.29. The summed E-state index contributed by atoms with van der Waals surface area (Å²) in [5.41, 5.74) is 4.24. The molecule has 0 spiro atoms. The summed E-state index contributed by atoms with van der Waals surface area (Å²) >= 11 is 6.10. The van der Waals surface area contributed by atoms with Crippen molar-refractivity contribution in [1.29, 1.82) is 0 Å². The van der Waals surface area contributed by atoms with E-state index < -0.39 is 0 Å². The van der Waals surface area contributed by atoms with Gasteiger partial charge >= 0.3 is 0 Å². The van der Waals surface area contributed by atoms with Crippen molar-refractivity contribution in [2.24, 2.45) is 0 Å². The molecule has 3 rings (SSSR count). The molecule has 0 aliphatic heterocycles. The average Bonchev–Trinajstić information content (AvgIpc) is 2.69. The minimum Gasteiger partial charge on any atom is -0.348 e. The smallest absolute Gasteiger partial charge is 0.257 e. The van der Waals surface area contributed by atoms with E-state index in [2.05, 4.69) is 15.6 Å². The molecule has 0 atom stereocenters. The molecule has 0 bridgehead atoms. The molecule has 1 aromatic heterocycles. The number of benzene rings is 2. The zero-order valence-corrected chi connectivity index (χ0v) is 16.4. The third-order valence-corrected chi connectivity index (χ3v) is 4.66. The van der Waals surface area contributed by atoms with E-state index in [9.17, 15) is 9.59 Å². The Morgan fingerprint density at radius 2 is 1.68 bits per heavy atom. The Hall–Kier alpha value is -3.18. The van der Waals surface area contributed by atoms with E-state index in [1.807, 2.05) is 50.2 Å². The molecule has 0 aliphatic rings. The van der Waals surface area contributed by atoms with Gasteiger partial charge in [0.25, 0.3) is 11.8 Å². The van der Waals surface area contributed by atoms with Crippen molar-refractivity contribution >= 4 is 29.1 Å². The summed E-state index contributed by atoms with van der Waals surface area (Å²) in [5.74, 6) is -0.645. The maximum Gasteiger partial charge on any atom is 0.257 e. The SMILES string of the molecule is Cc1ccc(NC(=O)c2cncc(C(=O)NCc3ccccc3Cl)c2)c(C)c1. The fraction of sp³-hybridized carbons (Fsp3) is 0.136. The summed E-state index contributed by atoms with van der Waals surface area (Å²) in [7, 11) is 0. The molecular weight excluding hydrogens is 374 g/mol. The fourth-order valence-corrected chi connectivity index (χ4v) is 2.96. The van der Waals surface area contributed by atoms with Crippen LogP contribution in [0.3, 0.4) is 0 Å². The van der Waals surface area contributed by atoms with Crippen LogP contribution >= 0.6 is 11.6 Å². The molecule has 1 heterocycles. The molecule has 5 nitrogen and oxygen atoms in total. The highest BCUT2D eigenvalue weighted by Gasteiger charge is 2.13. The first-order chi connectivity index (χ1) is 13.4. The number of aromatic nitrogens is 1. The van der Waals surface area contributed by atoms with Crippen molar-refractivity contribution in [3.05, 3.63) is 93.8 Å². The summed E-state index contributed by atoms with van der Waals surface area (Å²) in [5, 5.41) is 6.23. The molecule has 0 saturated carbocycles. The molecule has 142 valence electrons. The van der Waals surface area contributed by atoms with E-state index in [0.29, 0.717) is 16.1 Å². The lowest BCUT2D eigenvalue weighted by atomic mass is 10.1. The number of anilines is 1. The molecule has 2 aromatic carbocycles. The van der Waals surface area contributed by atoms with Crippen LogP contribution in [0.5, 0.6) is 0 Å². The Balaban J connectivity index is 1.69. The second-order valence-corrected chi connectivity index (χ2v) is 6.92. The predicted octanol–water partition coefficient (Wildman–Crippen LogP) is 4.53. The van der Waals surface area contributed by atoms with Crippen molar-refractivity contribution in [3.63, 3.8) is 0 Å². The lowest BCUT2D eigenvalue weighted by Crippen LogP contribution is -2.24. The summed E-state index contributed by atoms with van der Waals surface area (Å²) in [6.45, 7) is 4.21. The standard InChI is InChI=1S/C22H20ClN3O2/c1-14-7-8-20(15(2)9-14)26-22(28)18-10-17(11-24-12-18)21(27)25-13-16-5-3-4-6-19(16)23/h3-12H,13H2,1-2H3,(H,25,27)(H,26,28). The highest BCUT2D eigenvalue weighted by atomic mass is 35.5. The lowest BCUT2D eigenvalue weighted by Gasteiger charge is -2.10. The highest BCUT2D eigenvalue weighted by Crippen LogP contribution is 2.18. The summed E-state index contributed by atoms with van der Waals surface area (Å²) in [4.78, 5) is 29.0. The molecule has 28 heavy (non-hydrogen) atoms. The molecule has 3 aromatic rings. The molecule has 0 radical (unpaired) electrons. The number of nitrogens with one attached hydrogen (secondary N) is 2. The summed E-state index contributed by atoms with van der Waals surface area (Å²) in [6, 6.07) is 14.6. The normalized spacial score (nSPS) is 10.4. The van der Waals surface area contributed by atoms with E-state index in [-0.39, 0.29) is 18.4 Å². The van der Waals surface area contributed by atoms with Gasteiger partial charge in [-0.2, -0.15) is 0 Å². The molecule has 2 amide bonds. The van der Waals surface area contributed by atoms with Gasteiger partial charge in [-0.05, 0) is 43.2 Å². The van der Waals surface area contributed by atoms with Gasteiger partial charge in [0.1, 0.15) is 0 Å². The quantitative estimate of drug-likeness (QED) is 0.668. The maximum atomic E-state index is 12.5. The average molecular weight is 394 g/mol. The second kappa shape index (κ2) is 8.67. The Kier molecular flexibility index (Phi) is 6.06. The molecule has 2 N–H and O–H groups in total. The van der Waals surface area contributed by atoms with Crippen molar-refractivity contribution < 1.29 is 9.59 Å². The molecule has 0 unspecified atom stereocenters. The van der Waals surface area contributed by atoms with Crippen LogP contribution in [0.1, 0.15) is 37.4 Å². The first-order valence-electron chi connectivity index (χ1n) is 8.79. The van der Waals surface area contributed by atoms with Gasteiger partial charge in [0, 0.05) is 29.6 Å². The van der Waals surface area contributed by atoms with Crippen LogP contribution in [0.2, 0.25) is 5.02 Å². The molecular formula is C22H20ClN3O2. The maximum absolute atomic E-state index is 12.5. The highest BCUT2D eigenvalue weighted by molar-refractivity contribution is 6.31. The number of pyridine rings is 1. The Morgan fingerprint density at radius 1 is 0.964 bits per heavy atom. The molecule has 0 saturated heterocycles. The number of hydrogen-bond donors (Lipinski definition) is 2. The molecule has 0 aliphatic carbocycles. The van der Waals surface area contributed by atoms with E-state index in [1.54, 1.807) is 6.07 Å². The second-order valence-electron chi connectivity index (χ2n) is 6.51. The first kappa shape index (κ1) is 19.6. The summed E-state index contributed by atoms with van der Waals surface area (Å²) in [6.07, 6.45) is 2.86. The van der Waals surface area contributed by atoms with Crippen LogP contribution in [0.15, 0.2) is 60.9 Å². The minimum atomic E-state index is -0.325. The van der Waals surface area contributed by atoms with Gasteiger partial charge in [-0.3, -0.25) is 14.6 Å². The van der Waals surface area contributed by atoms with E-state index >= 15 is 0 Å². The number of halogens is 1. The Morgan fingerprint density at radius 3 is 2.39 bits per heavy atom. The van der Waals surface area contributed by atoms with Gasteiger partial charge in [0.05, 0.1) is 11.1 Å². The number of carbonyl (C=O) groups excluding carboxylic acids is 2. The van der Waals surface area contributed by atoms with Crippen LogP contribution in [0.25, 0.3) is 0 Å². The summed E-state index contributed by atoms with van der Waals surface area (Å²) < 4.78 is 0. The zero-order chi connectivity index (χ0) is 20.1. The number of carbonyl (C=O) groups is 2. The number of amides is 2. The van der Waals surface area contributed by atoms with Crippen molar-refractivity contribution in [3.8, 4) is 0 Å². The van der Waals surface area contributed by atoms with Crippen LogP contribution in [-0.2, 0) is 6.54 Å². The Labute approximate surface area is 168 Å². The van der Waals surface area contributed by atoms with E-state index in [4.69, 9.17) is 11.6 Å². The third kappa shape index (κ3) is 4.75. The molecule has 0 fully saturated rings. The van der Waals surface area contributed by atoms with Crippen molar-refractivity contribution in [2.45, 2.75) is 20.4 Å². The van der Waals surface area contributed by atoms with Gasteiger partial charge < -0.3 is 10.6 Å². The number of hydrogen-bond acceptors (Lipinski definition) is 3. The van der Waals surface area contributed by atoms with Gasteiger partial charge in [-0.15, -0.1) is 0 Å². The van der Waals surface area contributed by atoms with Crippen LogP contribution < -0.4 is 10.6 Å². The number of nitrogens with zero attached hydrogens (tertiary/aromatic N) is 1. The largest absolute Gasteiger partial charge is 0.348 e. The van der Waals surface area contributed by atoms with Crippen molar-refractivity contribution in [2.75, 3.05) is 5.32 Å². The zero-order valence-electron chi connectivity index (χ0n) is 15.6. The number of aryl methyl sites for hydroxylation is 2. The number of rotatable bonds is 5. The minimum absolute atomic E-state index is 0.289. The fourth-order valence-electron chi connectivity index (χ4n) is 2.76. The van der Waals surface area contributed by atoms with Gasteiger partial charge in [0.15, 0.2) is 0 Å². The van der Waals surface area contributed by atoms with Crippen LogP contribution in [0.4, 0.5) is 5.69 Å². The first-order valence-corrected chi connectivity index (χ1v) is 9.17. The van der Waals surface area contributed by atoms with Crippen LogP contribution in [-0.4, -0.2) is 16.8 Å². The Bertz CT molecular complexity index is 1030. The van der Waals surface area contributed by atoms with Crippen LogP contribution in [0, 0.1) is 13.8 Å². The molecule has 6 heteroatoms. The van der Waals surface area contributed by atoms with E-state index in [1.165, 1.54) is 18.5 Å². The van der Waals surface area contributed by atoms with Gasteiger partial charge in [0.2, 0.25) is 0 Å². The lowest BCUT2D eigenvalue weighted by molar-refractivity contribution is 0.0950.